The summed E-state index contributed by atoms with van der Waals surface area (Å²) < 4.78 is 18.3. The topological polar surface area (TPSA) is 94.8 Å². The molecule has 0 spiro atoms. The number of aliphatic hydroxyl groups excluding tert-OH is 1. The van der Waals surface area contributed by atoms with Crippen LogP contribution in [0.4, 0.5) is 5.82 Å². The Morgan fingerprint density at radius 3 is 2.29 bits per heavy atom. The fraction of sp³-hybridized carbons (Fsp3) is 0.480. The van der Waals surface area contributed by atoms with Crippen LogP contribution in [0.15, 0.2) is 12.1 Å². The van der Waals surface area contributed by atoms with Gasteiger partial charge in [0, 0.05) is 20.1 Å². The number of benzene rings is 1. The smallest absolute Gasteiger partial charge is 0.203 e. The third-order valence-electron chi connectivity index (χ3n) is 6.11. The van der Waals surface area contributed by atoms with Crippen molar-refractivity contribution in [2.45, 2.75) is 38.7 Å². The van der Waals surface area contributed by atoms with Gasteiger partial charge in [-0.2, -0.15) is 5.10 Å². The van der Waals surface area contributed by atoms with Crippen LogP contribution in [0.1, 0.15) is 43.3 Å². The number of ether oxygens (including phenoxy) is 3. The van der Waals surface area contributed by atoms with E-state index < -0.39 is 0 Å². The van der Waals surface area contributed by atoms with E-state index in [-0.39, 0.29) is 6.10 Å². The molecule has 3 heterocycles. The molecule has 182 valence electrons. The van der Waals surface area contributed by atoms with Crippen molar-refractivity contribution >= 4 is 29.0 Å². The Balaban J connectivity index is 1.78. The maximum atomic E-state index is 9.99. The molecule has 0 saturated carbocycles. The first-order valence-electron chi connectivity index (χ1n) is 11.6. The molecule has 4 rings (SSSR count). The van der Waals surface area contributed by atoms with Crippen LogP contribution < -0.4 is 19.1 Å². The summed E-state index contributed by atoms with van der Waals surface area (Å²) in [7, 11) is 6.73. The lowest BCUT2D eigenvalue weighted by Crippen LogP contribution is -2.36. The summed E-state index contributed by atoms with van der Waals surface area (Å²) in [6.07, 6.45) is 6.86. The van der Waals surface area contributed by atoms with Crippen LogP contribution in [-0.2, 0) is 13.5 Å². The first-order valence-corrected chi connectivity index (χ1v) is 11.6. The summed E-state index contributed by atoms with van der Waals surface area (Å²) in [5, 5.41) is 14.7. The number of nitrogens with zero attached hydrogens (tertiary/aromatic N) is 5. The molecule has 0 radical (unpaired) electrons. The molecule has 1 aliphatic rings. The molecule has 2 aromatic heterocycles. The summed E-state index contributed by atoms with van der Waals surface area (Å²) >= 11 is 0. The van der Waals surface area contributed by atoms with E-state index in [1.807, 2.05) is 36.0 Å². The molecule has 1 aromatic carbocycles. The van der Waals surface area contributed by atoms with Crippen molar-refractivity contribution < 1.29 is 19.3 Å². The lowest BCUT2D eigenvalue weighted by atomic mass is 10.1. The number of aliphatic hydroxyl groups is 1. The standard InChI is InChI=1S/C25H33N5O4/c1-6-7-18-22-23(29(2)28-18)25(30-12-10-17(31)11-13-30)27-21(26-22)9-8-16-14-19(32-3)24(34-5)20(15-16)33-4/h8-9,14-15,17,31H,6-7,10-13H2,1-5H3. The lowest BCUT2D eigenvalue weighted by molar-refractivity contribution is 0.145. The van der Waals surface area contributed by atoms with Crippen LogP contribution in [0.25, 0.3) is 23.2 Å². The molecule has 1 aliphatic heterocycles. The Kier molecular flexibility index (Phi) is 7.21. The minimum Gasteiger partial charge on any atom is -0.493 e. The number of anilines is 1. The number of methoxy groups -OCH3 is 3. The average Bonchev–Trinajstić information content (AvgIpc) is 3.17. The molecule has 9 heteroatoms. The number of aromatic nitrogens is 4. The number of hydrogen-bond acceptors (Lipinski definition) is 8. The predicted octanol–water partition coefficient (Wildman–Crippen LogP) is 3.47. The highest BCUT2D eigenvalue weighted by atomic mass is 16.5. The molecule has 1 saturated heterocycles. The van der Waals surface area contributed by atoms with Crippen molar-refractivity contribution in [1.29, 1.82) is 0 Å². The van der Waals surface area contributed by atoms with Gasteiger partial charge >= 0.3 is 0 Å². The highest BCUT2D eigenvalue weighted by Gasteiger charge is 2.24. The minimum atomic E-state index is -0.254. The third kappa shape index (κ3) is 4.65. The van der Waals surface area contributed by atoms with E-state index in [9.17, 15) is 5.11 Å². The van der Waals surface area contributed by atoms with Gasteiger partial charge in [0.25, 0.3) is 0 Å². The average molecular weight is 468 g/mol. The second-order valence-corrected chi connectivity index (χ2v) is 8.43. The van der Waals surface area contributed by atoms with Crippen LogP contribution in [0, 0.1) is 0 Å². The highest BCUT2D eigenvalue weighted by Crippen LogP contribution is 2.38. The number of fused-ring (bicyclic) bond motifs is 1. The van der Waals surface area contributed by atoms with E-state index >= 15 is 0 Å². The van der Waals surface area contributed by atoms with Gasteiger partial charge in [-0.1, -0.05) is 19.4 Å². The van der Waals surface area contributed by atoms with E-state index in [1.165, 1.54) is 0 Å². The van der Waals surface area contributed by atoms with Crippen LogP contribution in [0.5, 0.6) is 17.2 Å². The maximum Gasteiger partial charge on any atom is 0.203 e. The maximum absolute atomic E-state index is 9.99. The van der Waals surface area contributed by atoms with E-state index in [1.54, 1.807) is 21.3 Å². The summed E-state index contributed by atoms with van der Waals surface area (Å²) in [5.41, 5.74) is 3.67. The number of rotatable bonds is 8. The van der Waals surface area contributed by atoms with Gasteiger partial charge in [-0.05, 0) is 43.0 Å². The molecule has 1 N–H and O–H groups in total. The second-order valence-electron chi connectivity index (χ2n) is 8.43. The van der Waals surface area contributed by atoms with Crippen LogP contribution >= 0.6 is 0 Å². The number of aryl methyl sites for hydroxylation is 2. The lowest BCUT2D eigenvalue weighted by Gasteiger charge is -2.31. The Bertz CT molecular complexity index is 1160. The van der Waals surface area contributed by atoms with Crippen LogP contribution in [0.3, 0.4) is 0 Å². The molecule has 0 unspecified atom stereocenters. The van der Waals surface area contributed by atoms with Crippen molar-refractivity contribution in [3.8, 4) is 17.2 Å². The quantitative estimate of drug-likeness (QED) is 0.538. The fourth-order valence-electron chi connectivity index (χ4n) is 4.38. The van der Waals surface area contributed by atoms with Gasteiger partial charge in [-0.25, -0.2) is 9.97 Å². The van der Waals surface area contributed by atoms with Crippen molar-refractivity contribution in [3.63, 3.8) is 0 Å². The van der Waals surface area contributed by atoms with E-state index in [4.69, 9.17) is 29.3 Å². The Labute approximate surface area is 200 Å². The van der Waals surface area contributed by atoms with E-state index in [0.717, 1.165) is 66.9 Å². The zero-order valence-electron chi connectivity index (χ0n) is 20.5. The normalized spacial score (nSPS) is 14.8. The summed E-state index contributed by atoms with van der Waals surface area (Å²) in [5.74, 6) is 3.19. The van der Waals surface area contributed by atoms with E-state index in [2.05, 4.69) is 11.8 Å². The summed E-state index contributed by atoms with van der Waals surface area (Å²) in [6, 6.07) is 3.77. The zero-order valence-corrected chi connectivity index (χ0v) is 20.5. The van der Waals surface area contributed by atoms with Crippen LogP contribution in [0.2, 0.25) is 0 Å². The van der Waals surface area contributed by atoms with Crippen molar-refractivity contribution in [2.75, 3.05) is 39.3 Å². The van der Waals surface area contributed by atoms with Crippen molar-refractivity contribution in [1.82, 2.24) is 19.7 Å². The molecule has 3 aromatic rings. The Morgan fingerprint density at radius 2 is 1.71 bits per heavy atom. The first-order chi connectivity index (χ1) is 16.5. The van der Waals surface area contributed by atoms with Crippen LogP contribution in [-0.4, -0.2) is 65.4 Å². The molecule has 0 atom stereocenters. The molecule has 9 nitrogen and oxygen atoms in total. The SMILES string of the molecule is CCCc1nn(C)c2c(N3CCC(O)CC3)nc(C=Cc3cc(OC)c(OC)c(OC)c3)nc12. The molecule has 0 bridgehead atoms. The molecule has 0 aliphatic carbocycles. The third-order valence-corrected chi connectivity index (χ3v) is 6.11. The molecular weight excluding hydrogens is 434 g/mol. The van der Waals surface area contributed by atoms with Gasteiger partial charge in [-0.15, -0.1) is 0 Å². The van der Waals surface area contributed by atoms with Gasteiger partial charge in [-0.3, -0.25) is 4.68 Å². The zero-order chi connectivity index (χ0) is 24.2. The highest BCUT2D eigenvalue weighted by molar-refractivity contribution is 5.89. The number of hydrogen-bond donors (Lipinski definition) is 1. The molecule has 0 amide bonds. The van der Waals surface area contributed by atoms with Gasteiger partial charge in [0.1, 0.15) is 11.0 Å². The summed E-state index contributed by atoms with van der Waals surface area (Å²) in [6.45, 7) is 3.63. The number of piperidine rings is 1. The second kappa shape index (κ2) is 10.3. The largest absolute Gasteiger partial charge is 0.493 e. The Hall–Kier alpha value is -3.33. The predicted molar refractivity (Wildman–Crippen MR) is 133 cm³/mol. The van der Waals surface area contributed by atoms with Gasteiger partial charge in [0.2, 0.25) is 5.75 Å². The van der Waals surface area contributed by atoms with Crippen molar-refractivity contribution in [3.05, 3.63) is 29.2 Å². The van der Waals surface area contributed by atoms with E-state index in [0.29, 0.717) is 23.1 Å². The monoisotopic (exact) mass is 467 g/mol. The fourth-order valence-corrected chi connectivity index (χ4v) is 4.38. The minimum absolute atomic E-state index is 0.254. The van der Waals surface area contributed by atoms with Gasteiger partial charge in [0.05, 0.1) is 33.1 Å². The van der Waals surface area contributed by atoms with Gasteiger partial charge in [0.15, 0.2) is 23.1 Å². The van der Waals surface area contributed by atoms with Gasteiger partial charge < -0.3 is 24.2 Å². The molecule has 34 heavy (non-hydrogen) atoms. The first kappa shape index (κ1) is 23.8. The summed E-state index contributed by atoms with van der Waals surface area (Å²) in [4.78, 5) is 12.0. The van der Waals surface area contributed by atoms with Crippen molar-refractivity contribution in [2.24, 2.45) is 7.05 Å². The molecular formula is C25H33N5O4. The Morgan fingerprint density at radius 1 is 1.03 bits per heavy atom. The molecule has 1 fully saturated rings.